The number of carbonyl (C=O) groups is 1. The molecule has 1 fully saturated rings. The number of hydrogen-bond donors (Lipinski definition) is 0. The van der Waals surface area contributed by atoms with Crippen LogP contribution in [0.5, 0.6) is 5.75 Å². The number of carbonyl (C=O) groups excluding carboxylic acids is 1. The average Bonchev–Trinajstić information content (AvgIpc) is 2.61. The largest absolute Gasteiger partial charge is 0.483 e. The molecule has 2 aromatic rings. The summed E-state index contributed by atoms with van der Waals surface area (Å²) in [5.41, 5.74) is 3.41. The van der Waals surface area contributed by atoms with E-state index in [9.17, 15) is 4.79 Å². The van der Waals surface area contributed by atoms with E-state index >= 15 is 0 Å². The van der Waals surface area contributed by atoms with Crippen molar-refractivity contribution in [1.29, 1.82) is 0 Å². The number of halogens is 1. The second-order valence-electron chi connectivity index (χ2n) is 6.41. The number of hydrogen-bond acceptors (Lipinski definition) is 3. The Morgan fingerprint density at radius 1 is 1.08 bits per heavy atom. The molecular formula is C20H23ClN2O2. The second-order valence-corrected chi connectivity index (χ2v) is 6.84. The van der Waals surface area contributed by atoms with Gasteiger partial charge in [0.1, 0.15) is 5.75 Å². The van der Waals surface area contributed by atoms with Crippen molar-refractivity contribution in [3.8, 4) is 5.75 Å². The number of anilines is 1. The highest BCUT2D eigenvalue weighted by molar-refractivity contribution is 6.30. The van der Waals surface area contributed by atoms with Crippen LogP contribution in [0.3, 0.4) is 0 Å². The summed E-state index contributed by atoms with van der Waals surface area (Å²) in [5, 5.41) is 0.670. The Morgan fingerprint density at radius 3 is 2.52 bits per heavy atom. The second kappa shape index (κ2) is 7.79. The molecule has 5 heteroatoms. The van der Waals surface area contributed by atoms with Crippen LogP contribution in [0.15, 0.2) is 42.5 Å². The van der Waals surface area contributed by atoms with Gasteiger partial charge in [-0.3, -0.25) is 4.79 Å². The zero-order chi connectivity index (χ0) is 17.8. The molecular weight excluding hydrogens is 336 g/mol. The predicted molar refractivity (Wildman–Crippen MR) is 102 cm³/mol. The van der Waals surface area contributed by atoms with Gasteiger partial charge in [-0.1, -0.05) is 23.7 Å². The minimum absolute atomic E-state index is 0.0262. The Morgan fingerprint density at radius 2 is 1.84 bits per heavy atom. The molecule has 0 unspecified atom stereocenters. The molecule has 0 aromatic heterocycles. The van der Waals surface area contributed by atoms with Crippen LogP contribution in [0.2, 0.25) is 5.02 Å². The Hall–Kier alpha value is -2.20. The van der Waals surface area contributed by atoms with Crippen molar-refractivity contribution >= 4 is 23.2 Å². The molecule has 1 aliphatic rings. The fourth-order valence-corrected chi connectivity index (χ4v) is 3.27. The molecule has 0 spiro atoms. The number of nitrogens with zero attached hydrogens (tertiary/aromatic N) is 2. The Labute approximate surface area is 154 Å². The molecule has 1 amide bonds. The highest BCUT2D eigenvalue weighted by atomic mass is 35.5. The zero-order valence-electron chi connectivity index (χ0n) is 14.7. The van der Waals surface area contributed by atoms with E-state index in [0.717, 1.165) is 31.7 Å². The first-order valence-corrected chi connectivity index (χ1v) is 8.89. The van der Waals surface area contributed by atoms with Crippen molar-refractivity contribution < 1.29 is 9.53 Å². The number of piperazine rings is 1. The SMILES string of the molecule is Cc1cccc(N2CCN(C(=O)COc3ccc(Cl)cc3C)CC2)c1. The lowest BCUT2D eigenvalue weighted by atomic mass is 10.2. The monoisotopic (exact) mass is 358 g/mol. The number of amides is 1. The molecule has 1 saturated heterocycles. The van der Waals surface area contributed by atoms with Crippen LogP contribution in [0.1, 0.15) is 11.1 Å². The summed E-state index contributed by atoms with van der Waals surface area (Å²) in [5.74, 6) is 0.731. The third-order valence-corrected chi connectivity index (χ3v) is 4.72. The van der Waals surface area contributed by atoms with Crippen molar-refractivity contribution in [2.45, 2.75) is 13.8 Å². The van der Waals surface area contributed by atoms with Crippen LogP contribution in [-0.4, -0.2) is 43.6 Å². The minimum Gasteiger partial charge on any atom is -0.483 e. The van der Waals surface area contributed by atoms with Gasteiger partial charge < -0.3 is 14.5 Å². The van der Waals surface area contributed by atoms with Crippen molar-refractivity contribution in [3.63, 3.8) is 0 Å². The molecule has 0 bridgehead atoms. The van der Waals surface area contributed by atoms with Crippen LogP contribution >= 0.6 is 11.6 Å². The molecule has 0 radical (unpaired) electrons. The quantitative estimate of drug-likeness (QED) is 0.835. The first-order valence-electron chi connectivity index (χ1n) is 8.51. The highest BCUT2D eigenvalue weighted by Gasteiger charge is 2.21. The third kappa shape index (κ3) is 4.45. The predicted octanol–water partition coefficient (Wildman–Crippen LogP) is 3.68. The summed E-state index contributed by atoms with van der Waals surface area (Å²) < 4.78 is 5.67. The summed E-state index contributed by atoms with van der Waals surface area (Å²) in [4.78, 5) is 16.6. The Kier molecular flexibility index (Phi) is 5.49. The van der Waals surface area contributed by atoms with Gasteiger partial charge in [0.25, 0.3) is 5.91 Å². The molecule has 1 heterocycles. The summed E-state index contributed by atoms with van der Waals surface area (Å²) in [7, 11) is 0. The van der Waals surface area contributed by atoms with Crippen molar-refractivity contribution in [2.24, 2.45) is 0 Å². The Bertz CT molecular complexity index is 755. The van der Waals surface area contributed by atoms with Gasteiger partial charge in [0.15, 0.2) is 6.61 Å². The third-order valence-electron chi connectivity index (χ3n) is 4.49. The van der Waals surface area contributed by atoms with E-state index in [4.69, 9.17) is 16.3 Å². The van der Waals surface area contributed by atoms with Gasteiger partial charge in [-0.15, -0.1) is 0 Å². The van der Waals surface area contributed by atoms with Crippen LogP contribution in [-0.2, 0) is 4.79 Å². The van der Waals surface area contributed by atoms with Gasteiger partial charge in [-0.05, 0) is 55.3 Å². The lowest BCUT2D eigenvalue weighted by Gasteiger charge is -2.36. The van der Waals surface area contributed by atoms with Crippen molar-refractivity contribution in [3.05, 3.63) is 58.6 Å². The molecule has 0 N–H and O–H groups in total. The van der Waals surface area contributed by atoms with Gasteiger partial charge in [0.2, 0.25) is 0 Å². The van der Waals surface area contributed by atoms with Crippen molar-refractivity contribution in [1.82, 2.24) is 4.90 Å². The van der Waals surface area contributed by atoms with Crippen molar-refractivity contribution in [2.75, 3.05) is 37.7 Å². The van der Waals surface area contributed by atoms with Gasteiger partial charge in [-0.2, -0.15) is 0 Å². The van der Waals surface area contributed by atoms with Crippen LogP contribution in [0, 0.1) is 13.8 Å². The number of aryl methyl sites for hydroxylation is 2. The molecule has 0 atom stereocenters. The Balaban J connectivity index is 1.51. The normalized spacial score (nSPS) is 14.5. The van der Waals surface area contributed by atoms with Gasteiger partial charge >= 0.3 is 0 Å². The average molecular weight is 359 g/mol. The molecule has 4 nitrogen and oxygen atoms in total. The standard InChI is InChI=1S/C20H23ClN2O2/c1-15-4-3-5-18(12-15)22-8-10-23(11-9-22)20(24)14-25-19-7-6-17(21)13-16(19)2/h3-7,12-13H,8-11,14H2,1-2H3. The number of rotatable bonds is 4. The van der Waals surface area contributed by atoms with Gasteiger partial charge in [-0.25, -0.2) is 0 Å². The minimum atomic E-state index is 0.0262. The maximum atomic E-state index is 12.4. The molecule has 2 aromatic carbocycles. The topological polar surface area (TPSA) is 32.8 Å². The van der Waals surface area contributed by atoms with E-state index < -0.39 is 0 Å². The number of benzene rings is 2. The summed E-state index contributed by atoms with van der Waals surface area (Å²) in [6, 6.07) is 13.9. The zero-order valence-corrected chi connectivity index (χ0v) is 15.4. The summed E-state index contributed by atoms with van der Waals surface area (Å²) >= 11 is 5.94. The lowest BCUT2D eigenvalue weighted by molar-refractivity contribution is -0.133. The van der Waals surface area contributed by atoms with Crippen LogP contribution in [0.4, 0.5) is 5.69 Å². The maximum Gasteiger partial charge on any atom is 0.260 e. The first kappa shape index (κ1) is 17.6. The molecule has 0 aliphatic carbocycles. The van der Waals surface area contributed by atoms with E-state index in [1.54, 1.807) is 12.1 Å². The van der Waals surface area contributed by atoms with E-state index in [0.29, 0.717) is 10.8 Å². The maximum absolute atomic E-state index is 12.4. The lowest BCUT2D eigenvalue weighted by Crippen LogP contribution is -2.50. The fraction of sp³-hybridized carbons (Fsp3) is 0.350. The van der Waals surface area contributed by atoms with Gasteiger partial charge in [0, 0.05) is 36.9 Å². The summed E-state index contributed by atoms with van der Waals surface area (Å²) in [6.45, 7) is 7.20. The van der Waals surface area contributed by atoms with Crippen LogP contribution in [0.25, 0.3) is 0 Å². The summed E-state index contributed by atoms with van der Waals surface area (Å²) in [6.07, 6.45) is 0. The van der Waals surface area contributed by atoms with E-state index in [-0.39, 0.29) is 12.5 Å². The fourth-order valence-electron chi connectivity index (χ4n) is 3.04. The van der Waals surface area contributed by atoms with Crippen LogP contribution < -0.4 is 9.64 Å². The first-order chi connectivity index (χ1) is 12.0. The molecule has 3 rings (SSSR count). The van der Waals surface area contributed by atoms with E-state index in [1.165, 1.54) is 11.3 Å². The molecule has 25 heavy (non-hydrogen) atoms. The van der Waals surface area contributed by atoms with Gasteiger partial charge in [0.05, 0.1) is 0 Å². The molecule has 0 saturated carbocycles. The van der Waals surface area contributed by atoms with E-state index in [2.05, 4.69) is 36.1 Å². The smallest absolute Gasteiger partial charge is 0.260 e. The van der Waals surface area contributed by atoms with E-state index in [1.807, 2.05) is 17.9 Å². The molecule has 132 valence electrons. The highest BCUT2D eigenvalue weighted by Crippen LogP contribution is 2.22. The number of ether oxygens (including phenoxy) is 1. The molecule has 1 aliphatic heterocycles.